The van der Waals surface area contributed by atoms with Crippen molar-refractivity contribution in [2.24, 2.45) is 5.73 Å². The van der Waals surface area contributed by atoms with Crippen LogP contribution >= 0.6 is 0 Å². The second-order valence-corrected chi connectivity index (χ2v) is 2.43. The molecule has 0 unspecified atom stereocenters. The molecule has 0 spiro atoms. The maximum atomic E-state index is 10.9. The SMILES string of the molecule is C#CCOCC(=O)COCCCN. The lowest BCUT2D eigenvalue weighted by atomic mass is 10.4. The standard InChI is InChI=1S/C9H15NO3/c1-2-5-12-7-9(11)8-13-6-3-4-10/h1H,3-8,10H2. The molecule has 0 saturated heterocycles. The monoisotopic (exact) mass is 185 g/mol. The maximum Gasteiger partial charge on any atom is 0.184 e. The first kappa shape index (κ1) is 12.1. The van der Waals surface area contributed by atoms with E-state index in [0.29, 0.717) is 13.2 Å². The van der Waals surface area contributed by atoms with Crippen LogP contribution in [-0.4, -0.2) is 38.8 Å². The summed E-state index contributed by atoms with van der Waals surface area (Å²) in [5.41, 5.74) is 5.23. The van der Waals surface area contributed by atoms with Gasteiger partial charge < -0.3 is 15.2 Å². The largest absolute Gasteiger partial charge is 0.374 e. The summed E-state index contributed by atoms with van der Waals surface area (Å²) in [4.78, 5) is 10.9. The maximum absolute atomic E-state index is 10.9. The lowest BCUT2D eigenvalue weighted by molar-refractivity contribution is -0.127. The minimum absolute atomic E-state index is 0.0207. The topological polar surface area (TPSA) is 61.5 Å². The van der Waals surface area contributed by atoms with Gasteiger partial charge in [-0.05, 0) is 13.0 Å². The lowest BCUT2D eigenvalue weighted by Gasteiger charge is -2.01. The first-order chi connectivity index (χ1) is 6.31. The number of hydrogen-bond donors (Lipinski definition) is 1. The summed E-state index contributed by atoms with van der Waals surface area (Å²) < 4.78 is 9.82. The number of terminal acetylenes is 1. The van der Waals surface area contributed by atoms with Crippen LogP contribution in [0.3, 0.4) is 0 Å². The van der Waals surface area contributed by atoms with Crippen molar-refractivity contribution in [3.05, 3.63) is 0 Å². The van der Waals surface area contributed by atoms with Crippen LogP contribution in [0.2, 0.25) is 0 Å². The molecule has 0 aromatic rings. The van der Waals surface area contributed by atoms with Crippen LogP contribution in [0.1, 0.15) is 6.42 Å². The van der Waals surface area contributed by atoms with Gasteiger partial charge in [0.15, 0.2) is 5.78 Å². The molecule has 0 aliphatic heterocycles. The van der Waals surface area contributed by atoms with Gasteiger partial charge in [0.05, 0.1) is 0 Å². The smallest absolute Gasteiger partial charge is 0.184 e. The predicted octanol–water partition coefficient (Wildman–Crippen LogP) is -0.429. The second-order valence-electron chi connectivity index (χ2n) is 2.43. The van der Waals surface area contributed by atoms with E-state index in [9.17, 15) is 4.79 Å². The lowest BCUT2D eigenvalue weighted by Crippen LogP contribution is -2.16. The van der Waals surface area contributed by atoms with Crippen LogP contribution in [0.5, 0.6) is 0 Å². The number of nitrogens with two attached hydrogens (primary N) is 1. The number of hydrogen-bond acceptors (Lipinski definition) is 4. The molecule has 4 nitrogen and oxygen atoms in total. The molecule has 0 rings (SSSR count). The number of carbonyl (C=O) groups is 1. The fraction of sp³-hybridized carbons (Fsp3) is 0.667. The number of rotatable bonds is 8. The molecular formula is C9H15NO3. The fourth-order valence-corrected chi connectivity index (χ4v) is 0.637. The summed E-state index contributed by atoms with van der Waals surface area (Å²) in [6, 6.07) is 0. The van der Waals surface area contributed by atoms with Crippen molar-refractivity contribution < 1.29 is 14.3 Å². The van der Waals surface area contributed by atoms with Gasteiger partial charge in [0.25, 0.3) is 0 Å². The number of carbonyl (C=O) groups excluding carboxylic acids is 1. The molecule has 13 heavy (non-hydrogen) atoms. The Morgan fingerprint density at radius 1 is 1.38 bits per heavy atom. The average Bonchev–Trinajstić information content (AvgIpc) is 2.13. The van der Waals surface area contributed by atoms with E-state index in [0.717, 1.165) is 6.42 Å². The van der Waals surface area contributed by atoms with E-state index >= 15 is 0 Å². The van der Waals surface area contributed by atoms with Gasteiger partial charge in [0, 0.05) is 6.61 Å². The Balaban J connectivity index is 3.16. The van der Waals surface area contributed by atoms with Crippen molar-refractivity contribution in [1.82, 2.24) is 0 Å². The van der Waals surface area contributed by atoms with Crippen LogP contribution in [0.15, 0.2) is 0 Å². The summed E-state index contributed by atoms with van der Waals surface area (Å²) in [7, 11) is 0. The molecule has 0 aliphatic rings. The highest BCUT2D eigenvalue weighted by Gasteiger charge is 2.00. The first-order valence-corrected chi connectivity index (χ1v) is 4.12. The van der Waals surface area contributed by atoms with Crippen LogP contribution < -0.4 is 5.73 Å². The van der Waals surface area contributed by atoms with E-state index in [-0.39, 0.29) is 25.6 Å². The molecule has 0 aromatic carbocycles. The minimum atomic E-state index is -0.104. The Morgan fingerprint density at radius 3 is 2.69 bits per heavy atom. The third kappa shape index (κ3) is 9.02. The Morgan fingerprint density at radius 2 is 2.08 bits per heavy atom. The van der Waals surface area contributed by atoms with E-state index in [4.69, 9.17) is 21.6 Å². The van der Waals surface area contributed by atoms with Gasteiger partial charge in [-0.15, -0.1) is 6.42 Å². The molecule has 0 aliphatic carbocycles. The summed E-state index contributed by atoms with van der Waals surface area (Å²) in [6.07, 6.45) is 5.69. The van der Waals surface area contributed by atoms with Crippen molar-refractivity contribution in [2.45, 2.75) is 6.42 Å². The molecule has 2 N–H and O–H groups in total. The van der Waals surface area contributed by atoms with E-state index in [1.807, 2.05) is 0 Å². The fourth-order valence-electron chi connectivity index (χ4n) is 0.637. The average molecular weight is 185 g/mol. The molecule has 0 amide bonds. The van der Waals surface area contributed by atoms with Crippen LogP contribution in [0, 0.1) is 12.3 Å². The van der Waals surface area contributed by atoms with Gasteiger partial charge in [-0.25, -0.2) is 0 Å². The van der Waals surface area contributed by atoms with Crippen molar-refractivity contribution in [3.8, 4) is 12.3 Å². The Hall–Kier alpha value is -0.890. The third-order valence-electron chi connectivity index (χ3n) is 1.20. The Kier molecular flexibility index (Phi) is 8.57. The normalized spacial score (nSPS) is 9.54. The van der Waals surface area contributed by atoms with Gasteiger partial charge in [-0.1, -0.05) is 5.92 Å². The Labute approximate surface area is 78.4 Å². The highest BCUT2D eigenvalue weighted by Crippen LogP contribution is 1.83. The van der Waals surface area contributed by atoms with Crippen LogP contribution in [0.25, 0.3) is 0 Å². The first-order valence-electron chi connectivity index (χ1n) is 4.12. The van der Waals surface area contributed by atoms with E-state index in [1.165, 1.54) is 0 Å². The number of ether oxygens (including phenoxy) is 2. The second kappa shape index (κ2) is 9.20. The summed E-state index contributed by atoms with van der Waals surface area (Å²) in [6.45, 7) is 1.34. The molecule has 0 aromatic heterocycles. The van der Waals surface area contributed by atoms with Crippen molar-refractivity contribution in [3.63, 3.8) is 0 Å². The molecule has 4 heteroatoms. The summed E-state index contributed by atoms with van der Waals surface area (Å²) in [5, 5.41) is 0. The van der Waals surface area contributed by atoms with Crippen LogP contribution in [0.4, 0.5) is 0 Å². The van der Waals surface area contributed by atoms with E-state index < -0.39 is 0 Å². The van der Waals surface area contributed by atoms with Crippen LogP contribution in [-0.2, 0) is 14.3 Å². The van der Waals surface area contributed by atoms with Gasteiger partial charge in [-0.3, -0.25) is 4.79 Å². The zero-order valence-corrected chi connectivity index (χ0v) is 7.62. The molecule has 0 heterocycles. The molecule has 0 fully saturated rings. The minimum Gasteiger partial charge on any atom is -0.374 e. The van der Waals surface area contributed by atoms with Crippen molar-refractivity contribution >= 4 is 5.78 Å². The zero-order valence-electron chi connectivity index (χ0n) is 7.62. The molecule has 74 valence electrons. The molecule has 0 radical (unpaired) electrons. The van der Waals surface area contributed by atoms with Gasteiger partial charge in [-0.2, -0.15) is 0 Å². The summed E-state index contributed by atoms with van der Waals surface area (Å²) in [5.74, 6) is 2.16. The Bertz CT molecular complexity index is 174. The van der Waals surface area contributed by atoms with Gasteiger partial charge >= 0.3 is 0 Å². The van der Waals surface area contributed by atoms with Gasteiger partial charge in [0.2, 0.25) is 0 Å². The summed E-state index contributed by atoms with van der Waals surface area (Å²) >= 11 is 0. The molecule has 0 bridgehead atoms. The quantitative estimate of drug-likeness (QED) is 0.412. The van der Waals surface area contributed by atoms with Crippen molar-refractivity contribution in [2.75, 3.05) is 33.0 Å². The van der Waals surface area contributed by atoms with E-state index in [2.05, 4.69) is 5.92 Å². The molecule has 0 atom stereocenters. The third-order valence-corrected chi connectivity index (χ3v) is 1.20. The highest BCUT2D eigenvalue weighted by atomic mass is 16.5. The molecule has 0 saturated carbocycles. The zero-order chi connectivity index (χ0) is 9.94. The predicted molar refractivity (Wildman–Crippen MR) is 49.1 cm³/mol. The number of Topliss-reactive ketones (excluding diaryl/α,β-unsaturated/α-hetero) is 1. The van der Waals surface area contributed by atoms with Gasteiger partial charge in [0.1, 0.15) is 19.8 Å². The van der Waals surface area contributed by atoms with E-state index in [1.54, 1.807) is 0 Å². The highest BCUT2D eigenvalue weighted by molar-refractivity contribution is 5.80. The number of ketones is 1. The molecular weight excluding hydrogens is 170 g/mol. The van der Waals surface area contributed by atoms with Crippen molar-refractivity contribution in [1.29, 1.82) is 0 Å².